The van der Waals surface area contributed by atoms with E-state index in [0.29, 0.717) is 11.2 Å². The highest BCUT2D eigenvalue weighted by Gasteiger charge is 2.21. The molecule has 0 amide bonds. The molecule has 0 aromatic heterocycles. The van der Waals surface area contributed by atoms with Crippen molar-refractivity contribution in [2.75, 3.05) is 7.11 Å². The molecule has 3 nitrogen and oxygen atoms in total. The van der Waals surface area contributed by atoms with E-state index in [1.807, 2.05) is 24.3 Å². The first-order valence-electron chi connectivity index (χ1n) is 4.76. The van der Waals surface area contributed by atoms with E-state index >= 15 is 0 Å². The fraction of sp³-hybridized carbons (Fsp3) is 0.0909. The molecule has 0 radical (unpaired) electrons. The summed E-state index contributed by atoms with van der Waals surface area (Å²) in [7, 11) is -0.0541. The fourth-order valence-corrected chi connectivity index (χ4v) is 2.37. The van der Waals surface area contributed by atoms with Crippen LogP contribution < -0.4 is 10.2 Å². The van der Waals surface area contributed by atoms with E-state index in [9.17, 15) is 10.0 Å². The van der Waals surface area contributed by atoms with Gasteiger partial charge in [-0.25, -0.2) is 0 Å². The Morgan fingerprint density at radius 3 is 2.56 bits per heavy atom. The highest BCUT2D eigenvalue weighted by Crippen LogP contribution is 2.25. The molecular formula is C11H10BBrO3. The molecule has 2 rings (SSSR count). The molecule has 2 aromatic carbocycles. The Kier molecular flexibility index (Phi) is 3.19. The molecule has 0 saturated carbocycles. The van der Waals surface area contributed by atoms with Crippen LogP contribution in [0, 0.1) is 0 Å². The zero-order chi connectivity index (χ0) is 11.7. The van der Waals surface area contributed by atoms with Gasteiger partial charge in [0.1, 0.15) is 5.75 Å². The Hall–Kier alpha value is -1.04. The summed E-state index contributed by atoms with van der Waals surface area (Å²) in [6.07, 6.45) is 0. The second-order valence-corrected chi connectivity index (χ2v) is 4.25. The Morgan fingerprint density at radius 1 is 1.19 bits per heavy atom. The number of halogens is 1. The maximum atomic E-state index is 9.41. The molecule has 0 unspecified atom stereocenters. The number of benzene rings is 2. The molecule has 0 aliphatic carbocycles. The number of hydrogen-bond donors (Lipinski definition) is 2. The van der Waals surface area contributed by atoms with Crippen LogP contribution in [-0.2, 0) is 0 Å². The van der Waals surface area contributed by atoms with Crippen LogP contribution >= 0.6 is 15.9 Å². The van der Waals surface area contributed by atoms with Crippen molar-refractivity contribution in [2.45, 2.75) is 0 Å². The third-order valence-electron chi connectivity index (χ3n) is 2.47. The summed E-state index contributed by atoms with van der Waals surface area (Å²) < 4.78 is 5.94. The van der Waals surface area contributed by atoms with Crippen molar-refractivity contribution in [1.82, 2.24) is 0 Å². The summed E-state index contributed by atoms with van der Waals surface area (Å²) in [5, 5.41) is 20.5. The maximum absolute atomic E-state index is 9.41. The maximum Gasteiger partial charge on any atom is 0.492 e. The lowest BCUT2D eigenvalue weighted by atomic mass is 9.76. The van der Waals surface area contributed by atoms with Crippen molar-refractivity contribution >= 4 is 39.3 Å². The van der Waals surface area contributed by atoms with Crippen LogP contribution in [0.5, 0.6) is 5.75 Å². The largest absolute Gasteiger partial charge is 0.497 e. The third kappa shape index (κ3) is 1.82. The lowest BCUT2D eigenvalue weighted by molar-refractivity contribution is 0.404. The SMILES string of the molecule is COc1ccc2cccc(Br)c2c1B(O)O. The first-order chi connectivity index (χ1) is 7.65. The summed E-state index contributed by atoms with van der Waals surface area (Å²) >= 11 is 3.40. The van der Waals surface area contributed by atoms with Gasteiger partial charge in [0.05, 0.1) is 7.11 Å². The molecule has 0 heterocycles. The minimum atomic E-state index is -1.56. The van der Waals surface area contributed by atoms with Gasteiger partial charge < -0.3 is 14.8 Å². The van der Waals surface area contributed by atoms with Crippen LogP contribution in [0.2, 0.25) is 0 Å². The average molecular weight is 281 g/mol. The van der Waals surface area contributed by atoms with Gasteiger partial charge in [-0.1, -0.05) is 34.1 Å². The Bertz CT molecular complexity index is 528. The van der Waals surface area contributed by atoms with E-state index in [-0.39, 0.29) is 0 Å². The van der Waals surface area contributed by atoms with Gasteiger partial charge in [-0.15, -0.1) is 0 Å². The highest BCUT2D eigenvalue weighted by molar-refractivity contribution is 9.10. The molecule has 0 atom stereocenters. The van der Waals surface area contributed by atoms with Crippen LogP contribution in [0.25, 0.3) is 10.8 Å². The van der Waals surface area contributed by atoms with Gasteiger partial charge in [-0.05, 0) is 22.9 Å². The third-order valence-corrected chi connectivity index (χ3v) is 3.13. The van der Waals surface area contributed by atoms with Crippen LogP contribution in [-0.4, -0.2) is 24.3 Å². The lowest BCUT2D eigenvalue weighted by Gasteiger charge is -2.12. The van der Waals surface area contributed by atoms with Gasteiger partial charge in [0.25, 0.3) is 0 Å². The van der Waals surface area contributed by atoms with E-state index in [2.05, 4.69) is 15.9 Å². The number of hydrogen-bond acceptors (Lipinski definition) is 3. The van der Waals surface area contributed by atoms with Crippen molar-refractivity contribution in [2.24, 2.45) is 0 Å². The van der Waals surface area contributed by atoms with Crippen molar-refractivity contribution in [3.05, 3.63) is 34.8 Å². The summed E-state index contributed by atoms with van der Waals surface area (Å²) in [5.41, 5.74) is 0.382. The summed E-state index contributed by atoms with van der Waals surface area (Å²) in [5.74, 6) is 0.467. The minimum Gasteiger partial charge on any atom is -0.497 e. The molecule has 0 spiro atoms. The van der Waals surface area contributed by atoms with E-state index in [1.54, 1.807) is 6.07 Å². The zero-order valence-electron chi connectivity index (χ0n) is 8.64. The van der Waals surface area contributed by atoms with Gasteiger partial charge in [-0.3, -0.25) is 0 Å². The topological polar surface area (TPSA) is 49.7 Å². The molecule has 0 bridgehead atoms. The van der Waals surface area contributed by atoms with E-state index in [1.165, 1.54) is 7.11 Å². The van der Waals surface area contributed by atoms with Gasteiger partial charge in [0.15, 0.2) is 0 Å². The predicted molar refractivity (Wildman–Crippen MR) is 68.0 cm³/mol. The minimum absolute atomic E-state index is 0.382. The fourth-order valence-electron chi connectivity index (χ4n) is 1.78. The van der Waals surface area contributed by atoms with Crippen molar-refractivity contribution in [1.29, 1.82) is 0 Å². The smallest absolute Gasteiger partial charge is 0.492 e. The highest BCUT2D eigenvalue weighted by atomic mass is 79.9. The molecule has 16 heavy (non-hydrogen) atoms. The molecule has 0 fully saturated rings. The van der Waals surface area contributed by atoms with Gasteiger partial charge in [-0.2, -0.15) is 0 Å². The van der Waals surface area contributed by atoms with Gasteiger partial charge >= 0.3 is 7.12 Å². The van der Waals surface area contributed by atoms with Crippen molar-refractivity contribution < 1.29 is 14.8 Å². The summed E-state index contributed by atoms with van der Waals surface area (Å²) in [6, 6.07) is 9.26. The first-order valence-corrected chi connectivity index (χ1v) is 5.55. The summed E-state index contributed by atoms with van der Waals surface area (Å²) in [6.45, 7) is 0. The van der Waals surface area contributed by atoms with E-state index < -0.39 is 7.12 Å². The summed E-state index contributed by atoms with van der Waals surface area (Å²) in [4.78, 5) is 0. The van der Waals surface area contributed by atoms with Gasteiger partial charge in [0, 0.05) is 9.94 Å². The van der Waals surface area contributed by atoms with Crippen molar-refractivity contribution in [3.8, 4) is 5.75 Å². The Balaban J connectivity index is 2.87. The molecule has 2 aromatic rings. The zero-order valence-corrected chi connectivity index (χ0v) is 10.2. The quantitative estimate of drug-likeness (QED) is 0.815. The van der Waals surface area contributed by atoms with E-state index in [4.69, 9.17) is 4.74 Å². The number of methoxy groups -OCH3 is 1. The molecular weight excluding hydrogens is 271 g/mol. The van der Waals surface area contributed by atoms with Gasteiger partial charge in [0.2, 0.25) is 0 Å². The van der Waals surface area contributed by atoms with E-state index in [0.717, 1.165) is 15.2 Å². The van der Waals surface area contributed by atoms with Crippen LogP contribution in [0.1, 0.15) is 0 Å². The first kappa shape index (κ1) is 11.5. The van der Waals surface area contributed by atoms with Crippen LogP contribution in [0.3, 0.4) is 0 Å². The molecule has 2 N–H and O–H groups in total. The number of ether oxygens (including phenoxy) is 1. The van der Waals surface area contributed by atoms with Crippen LogP contribution in [0.4, 0.5) is 0 Å². The normalized spacial score (nSPS) is 10.5. The van der Waals surface area contributed by atoms with Crippen molar-refractivity contribution in [3.63, 3.8) is 0 Å². The second kappa shape index (κ2) is 4.45. The molecule has 82 valence electrons. The van der Waals surface area contributed by atoms with Crippen LogP contribution in [0.15, 0.2) is 34.8 Å². The monoisotopic (exact) mass is 280 g/mol. The lowest BCUT2D eigenvalue weighted by Crippen LogP contribution is -2.32. The molecule has 0 saturated heterocycles. The standard InChI is InChI=1S/C11H10BBrO3/c1-16-9-6-5-7-3-2-4-8(13)10(7)11(9)12(14)15/h2-6,14-15H,1H3. The number of fused-ring (bicyclic) bond motifs is 1. The Morgan fingerprint density at radius 2 is 1.94 bits per heavy atom. The predicted octanol–water partition coefficient (Wildman–Crippen LogP) is 1.29. The molecule has 0 aliphatic rings. The molecule has 0 aliphatic heterocycles. The Labute approximate surface area is 102 Å². The number of rotatable bonds is 2. The second-order valence-electron chi connectivity index (χ2n) is 3.39. The average Bonchev–Trinajstić information content (AvgIpc) is 2.27. The molecule has 5 heteroatoms.